The van der Waals surface area contributed by atoms with Gasteiger partial charge in [0, 0.05) is 6.54 Å². The Morgan fingerprint density at radius 3 is 2.59 bits per heavy atom. The zero-order chi connectivity index (χ0) is 12.7. The Morgan fingerprint density at radius 2 is 2.00 bits per heavy atom. The third-order valence-electron chi connectivity index (χ3n) is 3.11. The van der Waals surface area contributed by atoms with E-state index in [-0.39, 0.29) is 6.10 Å². The van der Waals surface area contributed by atoms with Gasteiger partial charge in [-0.25, -0.2) is 0 Å². The van der Waals surface area contributed by atoms with Crippen molar-refractivity contribution in [1.82, 2.24) is 0 Å². The third-order valence-corrected chi connectivity index (χ3v) is 3.11. The van der Waals surface area contributed by atoms with Crippen LogP contribution in [-0.4, -0.2) is 13.2 Å². The summed E-state index contributed by atoms with van der Waals surface area (Å²) in [7, 11) is 0. The fraction of sp³-hybridized carbons (Fsp3) is 0.600. The first kappa shape index (κ1) is 14.2. The summed E-state index contributed by atoms with van der Waals surface area (Å²) in [6.45, 7) is 7.89. The Kier molecular flexibility index (Phi) is 6.23. The van der Waals surface area contributed by atoms with Gasteiger partial charge in [0.2, 0.25) is 0 Å². The van der Waals surface area contributed by atoms with E-state index in [0.717, 1.165) is 6.61 Å². The molecule has 2 atom stereocenters. The predicted molar refractivity (Wildman–Crippen MR) is 73.0 cm³/mol. The van der Waals surface area contributed by atoms with Gasteiger partial charge < -0.3 is 10.5 Å². The van der Waals surface area contributed by atoms with Crippen LogP contribution in [0.15, 0.2) is 24.3 Å². The second-order valence-electron chi connectivity index (χ2n) is 4.81. The molecule has 1 rings (SSSR count). The van der Waals surface area contributed by atoms with Crippen LogP contribution in [0, 0.1) is 12.8 Å². The second kappa shape index (κ2) is 7.46. The molecular formula is C15H25NO. The van der Waals surface area contributed by atoms with E-state index in [9.17, 15) is 0 Å². The summed E-state index contributed by atoms with van der Waals surface area (Å²) in [5.41, 5.74) is 8.29. The van der Waals surface area contributed by atoms with Gasteiger partial charge in [-0.05, 0) is 30.4 Å². The fourth-order valence-corrected chi connectivity index (χ4v) is 2.09. The third kappa shape index (κ3) is 4.49. The number of aryl methyl sites for hydroxylation is 1. The molecule has 96 valence electrons. The number of hydrogen-bond donors (Lipinski definition) is 1. The van der Waals surface area contributed by atoms with Crippen molar-refractivity contribution in [1.29, 1.82) is 0 Å². The van der Waals surface area contributed by atoms with Gasteiger partial charge in [-0.3, -0.25) is 0 Å². The monoisotopic (exact) mass is 235 g/mol. The largest absolute Gasteiger partial charge is 0.372 e. The van der Waals surface area contributed by atoms with Gasteiger partial charge in [0.15, 0.2) is 0 Å². The minimum absolute atomic E-state index is 0.0375. The molecule has 0 amide bonds. The molecule has 0 saturated heterocycles. The quantitative estimate of drug-likeness (QED) is 0.785. The van der Waals surface area contributed by atoms with Crippen molar-refractivity contribution in [2.75, 3.05) is 13.2 Å². The molecule has 0 heterocycles. The Balaban J connectivity index is 2.57. The standard InChI is InChI=1S/C15H25NO/c1-4-7-12(2)11-17-15(10-16)14-9-6-5-8-13(14)3/h5-6,8-9,12,15H,4,7,10-11,16H2,1-3H3. The summed E-state index contributed by atoms with van der Waals surface area (Å²) in [6.07, 6.45) is 2.46. The second-order valence-corrected chi connectivity index (χ2v) is 4.81. The number of ether oxygens (including phenoxy) is 1. The van der Waals surface area contributed by atoms with Crippen molar-refractivity contribution in [2.45, 2.75) is 39.7 Å². The van der Waals surface area contributed by atoms with Gasteiger partial charge >= 0.3 is 0 Å². The average molecular weight is 235 g/mol. The highest BCUT2D eigenvalue weighted by atomic mass is 16.5. The lowest BCUT2D eigenvalue weighted by Gasteiger charge is -2.20. The van der Waals surface area contributed by atoms with Gasteiger partial charge in [-0.2, -0.15) is 0 Å². The number of rotatable bonds is 7. The lowest BCUT2D eigenvalue weighted by Crippen LogP contribution is -2.19. The highest BCUT2D eigenvalue weighted by molar-refractivity contribution is 5.27. The smallest absolute Gasteiger partial charge is 0.0949 e. The van der Waals surface area contributed by atoms with Crippen molar-refractivity contribution in [2.24, 2.45) is 11.7 Å². The summed E-state index contributed by atoms with van der Waals surface area (Å²) >= 11 is 0. The maximum atomic E-state index is 5.95. The summed E-state index contributed by atoms with van der Waals surface area (Å²) in [5.74, 6) is 0.609. The van der Waals surface area contributed by atoms with Crippen LogP contribution in [0.1, 0.15) is 43.9 Å². The van der Waals surface area contributed by atoms with Crippen LogP contribution in [0.5, 0.6) is 0 Å². The van der Waals surface area contributed by atoms with E-state index in [1.165, 1.54) is 24.0 Å². The van der Waals surface area contributed by atoms with Gasteiger partial charge in [0.1, 0.15) is 0 Å². The molecule has 0 fully saturated rings. The van der Waals surface area contributed by atoms with Crippen LogP contribution in [0.3, 0.4) is 0 Å². The predicted octanol–water partition coefficient (Wildman–Crippen LogP) is 3.45. The van der Waals surface area contributed by atoms with E-state index in [1.807, 2.05) is 12.1 Å². The summed E-state index contributed by atoms with van der Waals surface area (Å²) in [5, 5.41) is 0. The molecule has 2 unspecified atom stereocenters. The average Bonchev–Trinajstić information content (AvgIpc) is 2.32. The molecule has 0 aliphatic rings. The molecule has 0 spiro atoms. The zero-order valence-corrected chi connectivity index (χ0v) is 11.3. The van der Waals surface area contributed by atoms with E-state index in [4.69, 9.17) is 10.5 Å². The van der Waals surface area contributed by atoms with Crippen molar-refractivity contribution in [3.63, 3.8) is 0 Å². The molecule has 1 aromatic carbocycles. The molecule has 0 bridgehead atoms. The molecule has 1 aromatic rings. The van der Waals surface area contributed by atoms with Crippen molar-refractivity contribution in [3.8, 4) is 0 Å². The molecule has 0 aliphatic carbocycles. The first-order valence-electron chi connectivity index (χ1n) is 6.56. The minimum atomic E-state index is 0.0375. The highest BCUT2D eigenvalue weighted by Gasteiger charge is 2.13. The molecule has 2 N–H and O–H groups in total. The SMILES string of the molecule is CCCC(C)COC(CN)c1ccccc1C. The molecule has 2 heteroatoms. The lowest BCUT2D eigenvalue weighted by molar-refractivity contribution is 0.0348. The van der Waals surface area contributed by atoms with Gasteiger partial charge in [-0.1, -0.05) is 44.5 Å². The van der Waals surface area contributed by atoms with Crippen molar-refractivity contribution in [3.05, 3.63) is 35.4 Å². The summed E-state index contributed by atoms with van der Waals surface area (Å²) in [6, 6.07) is 8.31. The van der Waals surface area contributed by atoms with Crippen molar-refractivity contribution < 1.29 is 4.74 Å². The van der Waals surface area contributed by atoms with Gasteiger partial charge in [0.05, 0.1) is 12.7 Å². The van der Waals surface area contributed by atoms with Crippen LogP contribution in [0.2, 0.25) is 0 Å². The lowest BCUT2D eigenvalue weighted by atomic mass is 10.0. The van der Waals surface area contributed by atoms with Crippen LogP contribution in [0.4, 0.5) is 0 Å². The number of benzene rings is 1. The van der Waals surface area contributed by atoms with Crippen molar-refractivity contribution >= 4 is 0 Å². The zero-order valence-electron chi connectivity index (χ0n) is 11.3. The Hall–Kier alpha value is -0.860. The molecule has 0 aromatic heterocycles. The van der Waals surface area contributed by atoms with E-state index < -0.39 is 0 Å². The number of hydrogen-bond acceptors (Lipinski definition) is 2. The van der Waals surface area contributed by atoms with Gasteiger partial charge in [0.25, 0.3) is 0 Å². The van der Waals surface area contributed by atoms with Crippen LogP contribution in [0.25, 0.3) is 0 Å². The minimum Gasteiger partial charge on any atom is -0.372 e. The van der Waals surface area contributed by atoms with Crippen LogP contribution < -0.4 is 5.73 Å². The first-order chi connectivity index (χ1) is 8.19. The maximum Gasteiger partial charge on any atom is 0.0949 e. The molecule has 17 heavy (non-hydrogen) atoms. The van der Waals surface area contributed by atoms with E-state index in [2.05, 4.69) is 32.9 Å². The highest BCUT2D eigenvalue weighted by Crippen LogP contribution is 2.21. The first-order valence-corrected chi connectivity index (χ1v) is 6.56. The number of nitrogens with two attached hydrogens (primary N) is 1. The Labute approximate surface area is 105 Å². The molecule has 0 radical (unpaired) electrons. The maximum absolute atomic E-state index is 5.95. The molecular weight excluding hydrogens is 210 g/mol. The Bertz CT molecular complexity index is 324. The van der Waals surface area contributed by atoms with E-state index in [0.29, 0.717) is 12.5 Å². The van der Waals surface area contributed by atoms with Gasteiger partial charge in [-0.15, -0.1) is 0 Å². The Morgan fingerprint density at radius 1 is 1.29 bits per heavy atom. The van der Waals surface area contributed by atoms with E-state index in [1.54, 1.807) is 0 Å². The summed E-state index contributed by atoms with van der Waals surface area (Å²) in [4.78, 5) is 0. The molecule has 0 saturated carbocycles. The topological polar surface area (TPSA) is 35.2 Å². The summed E-state index contributed by atoms with van der Waals surface area (Å²) < 4.78 is 5.95. The van der Waals surface area contributed by atoms with E-state index >= 15 is 0 Å². The van der Waals surface area contributed by atoms with Crippen LogP contribution >= 0.6 is 0 Å². The normalized spacial score (nSPS) is 14.6. The van der Waals surface area contributed by atoms with Crippen LogP contribution in [-0.2, 0) is 4.74 Å². The molecule has 0 aliphatic heterocycles. The molecule has 2 nitrogen and oxygen atoms in total. The fourth-order valence-electron chi connectivity index (χ4n) is 2.09.